The van der Waals surface area contributed by atoms with E-state index in [-0.39, 0.29) is 17.8 Å². The van der Waals surface area contributed by atoms with Gasteiger partial charge in [-0.05, 0) is 104 Å². The molecule has 1 aromatic heterocycles. The number of thiazole rings is 1. The van der Waals surface area contributed by atoms with Crippen LogP contribution in [0, 0.1) is 26.2 Å². The normalized spacial score (nSPS) is 18.5. The summed E-state index contributed by atoms with van der Waals surface area (Å²) < 4.78 is 36.6. The number of hydrogen-bond acceptors (Lipinski definition) is 7. The summed E-state index contributed by atoms with van der Waals surface area (Å²) in [5.74, 6) is -0.298. The molecule has 0 radical (unpaired) electrons. The first-order valence-electron chi connectivity index (χ1n) is 15.7. The number of unbranched alkanes of at least 4 members (excludes halogenated alkanes) is 2. The van der Waals surface area contributed by atoms with Crippen molar-refractivity contribution in [1.29, 1.82) is 0 Å². The monoisotopic (exact) mass is 664 g/mol. The maximum absolute atomic E-state index is 11.0. The number of nitrogens with zero attached hydrogens (tertiary/aromatic N) is 2. The number of hydrogen-bond donors (Lipinski definition) is 1. The number of allylic oxidation sites excluding steroid dienone is 6. The molecular formula is C36H44N2O4S3. The summed E-state index contributed by atoms with van der Waals surface area (Å²) in [4.78, 5) is 3.47. The molecule has 240 valence electrons. The molecule has 6 nitrogen and oxygen atoms in total. The zero-order valence-electron chi connectivity index (χ0n) is 26.9. The highest BCUT2D eigenvalue weighted by Crippen LogP contribution is 2.48. The van der Waals surface area contributed by atoms with Crippen LogP contribution in [-0.4, -0.2) is 37.0 Å². The summed E-state index contributed by atoms with van der Waals surface area (Å²) in [6.07, 6.45) is 15.1. The van der Waals surface area contributed by atoms with Gasteiger partial charge in [-0.15, -0.1) is 0 Å². The lowest BCUT2D eigenvalue weighted by atomic mass is 9.75. The summed E-state index contributed by atoms with van der Waals surface area (Å²) in [5.41, 5.74) is 8.80. The number of fused-ring (bicyclic) bond motifs is 2. The highest BCUT2D eigenvalue weighted by Gasteiger charge is 2.28. The van der Waals surface area contributed by atoms with Crippen LogP contribution in [0.25, 0.3) is 16.3 Å². The molecule has 0 saturated heterocycles. The van der Waals surface area contributed by atoms with Gasteiger partial charge in [-0.1, -0.05) is 61.2 Å². The summed E-state index contributed by atoms with van der Waals surface area (Å²) in [6.45, 7) is 12.5. The van der Waals surface area contributed by atoms with Gasteiger partial charge in [-0.3, -0.25) is 0 Å². The summed E-state index contributed by atoms with van der Waals surface area (Å²) in [6, 6.07) is 11.0. The van der Waals surface area contributed by atoms with Crippen LogP contribution in [-0.2, 0) is 16.7 Å². The summed E-state index contributed by atoms with van der Waals surface area (Å²) in [5, 5.41) is 12.1. The number of aryl methyl sites for hydroxylation is 4. The van der Waals surface area contributed by atoms with E-state index in [0.29, 0.717) is 19.4 Å². The molecule has 0 unspecified atom stereocenters. The van der Waals surface area contributed by atoms with Crippen molar-refractivity contribution in [2.24, 2.45) is 5.41 Å². The number of thioether (sulfide) groups is 1. The Morgan fingerprint density at radius 3 is 2.60 bits per heavy atom. The minimum absolute atomic E-state index is 0.102. The Balaban J connectivity index is 1.40. The zero-order chi connectivity index (χ0) is 32.4. The van der Waals surface area contributed by atoms with Gasteiger partial charge in [0.25, 0.3) is 5.01 Å². The Hall–Kier alpha value is -2.69. The molecule has 9 heteroatoms. The Bertz CT molecular complexity index is 1810. The van der Waals surface area contributed by atoms with Crippen LogP contribution < -0.4 is 9.47 Å². The van der Waals surface area contributed by atoms with Gasteiger partial charge in [0.1, 0.15) is 4.70 Å². The molecule has 0 fully saturated rings. The second-order valence-electron chi connectivity index (χ2n) is 13.1. The Kier molecular flexibility index (Phi) is 10.5. The van der Waals surface area contributed by atoms with E-state index in [0.717, 1.165) is 35.8 Å². The Labute approximate surface area is 276 Å². The largest absolute Gasteiger partial charge is 0.748 e. The maximum Gasteiger partial charge on any atom is 0.262 e. The molecule has 1 aliphatic heterocycles. The lowest BCUT2D eigenvalue weighted by Crippen LogP contribution is -2.35. The van der Waals surface area contributed by atoms with Crippen LogP contribution in [0.5, 0.6) is 0 Å². The van der Waals surface area contributed by atoms with Crippen molar-refractivity contribution >= 4 is 55.2 Å². The molecule has 0 bridgehead atoms. The van der Waals surface area contributed by atoms with Gasteiger partial charge in [0, 0.05) is 35.8 Å². The van der Waals surface area contributed by atoms with Gasteiger partial charge in [0.2, 0.25) is 5.52 Å². The number of aliphatic hydroxyl groups is 1. The van der Waals surface area contributed by atoms with Crippen molar-refractivity contribution in [3.8, 4) is 0 Å². The van der Waals surface area contributed by atoms with Gasteiger partial charge in [0.05, 0.1) is 27.4 Å². The van der Waals surface area contributed by atoms with E-state index in [1.54, 1.807) is 23.1 Å². The van der Waals surface area contributed by atoms with E-state index in [2.05, 4.69) is 105 Å². The highest BCUT2D eigenvalue weighted by molar-refractivity contribution is 8.03. The van der Waals surface area contributed by atoms with Crippen molar-refractivity contribution in [2.75, 3.05) is 23.8 Å². The number of aliphatic hydroxyl groups excluding tert-OH is 1. The number of rotatable bonds is 11. The summed E-state index contributed by atoms with van der Waals surface area (Å²) >= 11 is 3.54. The quantitative estimate of drug-likeness (QED) is 0.127. The smallest absolute Gasteiger partial charge is 0.262 e. The first-order valence-corrected chi connectivity index (χ1v) is 18.9. The van der Waals surface area contributed by atoms with Crippen LogP contribution >= 0.6 is 23.1 Å². The Morgan fingerprint density at radius 2 is 1.84 bits per heavy atom. The molecule has 0 atom stereocenters. The van der Waals surface area contributed by atoms with Crippen LogP contribution in [0.2, 0.25) is 0 Å². The van der Waals surface area contributed by atoms with E-state index in [9.17, 15) is 18.1 Å². The lowest BCUT2D eigenvalue weighted by Gasteiger charge is -2.31. The van der Waals surface area contributed by atoms with Gasteiger partial charge in [0.15, 0.2) is 6.54 Å². The fraction of sp³-hybridized carbons (Fsp3) is 0.417. The first-order chi connectivity index (χ1) is 21.3. The van der Waals surface area contributed by atoms with Crippen LogP contribution in [0.4, 0.5) is 5.69 Å². The molecule has 2 aliphatic rings. The van der Waals surface area contributed by atoms with E-state index in [1.165, 1.54) is 48.6 Å². The minimum atomic E-state index is -4.17. The summed E-state index contributed by atoms with van der Waals surface area (Å²) in [7, 11) is -4.17. The molecular weight excluding hydrogens is 621 g/mol. The molecule has 1 aliphatic carbocycles. The highest BCUT2D eigenvalue weighted by atomic mass is 32.2. The number of aromatic nitrogens is 1. The van der Waals surface area contributed by atoms with Crippen LogP contribution in [0.3, 0.4) is 0 Å². The average molecular weight is 665 g/mol. The lowest BCUT2D eigenvalue weighted by molar-refractivity contribution is -0.669. The van der Waals surface area contributed by atoms with E-state index >= 15 is 0 Å². The Morgan fingerprint density at radius 1 is 1.07 bits per heavy atom. The SMILES string of the molecule is Cc1ccc2c(c1)N(CCO)/C(=C/C1=CC(=C/C=C/c3sc4cc(C)c(C)cc4[n+]3CCCCCS(=O)(=O)[O-])/CC(C)(C)C1)S2. The van der Waals surface area contributed by atoms with Gasteiger partial charge >= 0.3 is 0 Å². The zero-order valence-corrected chi connectivity index (χ0v) is 29.4. The van der Waals surface area contributed by atoms with E-state index in [1.807, 2.05) is 0 Å². The molecule has 1 N–H and O–H groups in total. The van der Waals surface area contributed by atoms with Gasteiger partial charge in [-0.25, -0.2) is 8.42 Å². The minimum Gasteiger partial charge on any atom is -0.748 e. The third kappa shape index (κ3) is 8.57. The van der Waals surface area contributed by atoms with Crippen molar-refractivity contribution in [2.45, 2.75) is 78.2 Å². The van der Waals surface area contributed by atoms with Crippen molar-refractivity contribution < 1.29 is 22.6 Å². The third-order valence-corrected chi connectivity index (χ3v) is 11.4. The predicted octanol–water partition coefficient (Wildman–Crippen LogP) is 7.96. The standard InChI is InChI=1S/C36H44N2O4S3/c1-25-12-13-32-30(18-25)38(15-16-39)35(43-32)22-29-21-28(23-36(4,5)24-29)10-9-11-34-37(14-7-6-8-17-45(40,41)42)31-19-26(2)27(3)20-33(31)44-34/h9-13,18-22,39H,6-8,14-17,23-24H2,1-5H3. The van der Waals surface area contributed by atoms with Gasteiger partial charge < -0.3 is 14.6 Å². The first kappa shape index (κ1) is 33.7. The predicted molar refractivity (Wildman–Crippen MR) is 188 cm³/mol. The number of β-amino-alcohol motifs (C(OH)–C–C–N with tert-alkyl or cyclic N) is 1. The van der Waals surface area contributed by atoms with E-state index in [4.69, 9.17) is 0 Å². The third-order valence-electron chi connectivity index (χ3n) is 8.43. The second-order valence-corrected chi connectivity index (χ2v) is 16.7. The van der Waals surface area contributed by atoms with Crippen LogP contribution in [0.15, 0.2) is 75.7 Å². The molecule has 3 aromatic rings. The molecule has 2 heterocycles. The van der Waals surface area contributed by atoms with E-state index < -0.39 is 10.1 Å². The molecule has 5 rings (SSSR count). The van der Waals surface area contributed by atoms with Crippen LogP contribution in [0.1, 0.15) is 67.6 Å². The molecule has 0 spiro atoms. The van der Waals surface area contributed by atoms with Crippen molar-refractivity contribution in [3.63, 3.8) is 0 Å². The number of anilines is 1. The average Bonchev–Trinajstić information content (AvgIpc) is 3.44. The molecule has 45 heavy (non-hydrogen) atoms. The number of benzene rings is 2. The second kappa shape index (κ2) is 14.0. The van der Waals surface area contributed by atoms with Crippen molar-refractivity contribution in [3.05, 3.63) is 92.5 Å². The molecule has 0 amide bonds. The molecule has 0 saturated carbocycles. The fourth-order valence-corrected chi connectivity index (χ4v) is 9.09. The fourth-order valence-electron chi connectivity index (χ4n) is 6.20. The molecule has 2 aromatic carbocycles. The van der Waals surface area contributed by atoms with Gasteiger partial charge in [-0.2, -0.15) is 4.57 Å². The maximum atomic E-state index is 11.0. The van der Waals surface area contributed by atoms with Crippen molar-refractivity contribution in [1.82, 2.24) is 0 Å². The topological polar surface area (TPSA) is 84.5 Å².